The smallest absolute Gasteiger partial charge is 0.306 e. The van der Waals surface area contributed by atoms with Crippen LogP contribution in [0.4, 0.5) is 5.82 Å². The fourth-order valence-electron chi connectivity index (χ4n) is 2.37. The number of carboxylic acids is 1. The number of anilines is 1. The van der Waals surface area contributed by atoms with Crippen LogP contribution < -0.4 is 5.32 Å². The number of carboxylic acid groups (broad SMARTS) is 1. The maximum atomic E-state index is 11.0. The highest BCUT2D eigenvalue weighted by molar-refractivity contribution is 5.70. The van der Waals surface area contributed by atoms with Crippen LogP contribution in [0.1, 0.15) is 37.1 Å². The average Bonchev–Trinajstić information content (AvgIpc) is 2.34. The molecule has 0 bridgehead atoms. The first kappa shape index (κ1) is 12.8. The molecule has 5 nitrogen and oxygen atoms in total. The number of rotatable bonds is 3. The molecule has 2 atom stereocenters. The number of nitrogens with one attached hydrogen (secondary N) is 1. The van der Waals surface area contributed by atoms with E-state index in [1.54, 1.807) is 6.20 Å². The van der Waals surface area contributed by atoms with E-state index in [9.17, 15) is 4.79 Å². The number of hydrogen-bond acceptors (Lipinski definition) is 4. The van der Waals surface area contributed by atoms with Crippen molar-refractivity contribution in [2.24, 2.45) is 5.92 Å². The summed E-state index contributed by atoms with van der Waals surface area (Å²) in [7, 11) is 0. The number of hydrogen-bond donors (Lipinski definition) is 2. The van der Waals surface area contributed by atoms with Gasteiger partial charge >= 0.3 is 5.97 Å². The third kappa shape index (κ3) is 2.97. The molecule has 2 N–H and O–H groups in total. The highest BCUT2D eigenvalue weighted by atomic mass is 16.4. The second-order valence-electron chi connectivity index (χ2n) is 4.97. The Hall–Kier alpha value is -1.65. The minimum Gasteiger partial charge on any atom is -0.481 e. The summed E-state index contributed by atoms with van der Waals surface area (Å²) in [5.41, 5.74) is 1.83. The summed E-state index contributed by atoms with van der Waals surface area (Å²) in [4.78, 5) is 19.7. The molecule has 1 saturated carbocycles. The third-order valence-electron chi connectivity index (χ3n) is 3.57. The lowest BCUT2D eigenvalue weighted by Crippen LogP contribution is -2.31. The van der Waals surface area contributed by atoms with Gasteiger partial charge in [0.15, 0.2) is 0 Å². The summed E-state index contributed by atoms with van der Waals surface area (Å²) < 4.78 is 0. The highest BCUT2D eigenvalue weighted by Gasteiger charge is 2.27. The van der Waals surface area contributed by atoms with Crippen LogP contribution >= 0.6 is 0 Å². The van der Waals surface area contributed by atoms with Crippen LogP contribution in [-0.2, 0) is 4.79 Å². The van der Waals surface area contributed by atoms with Crippen LogP contribution in [0.3, 0.4) is 0 Å². The van der Waals surface area contributed by atoms with E-state index in [-0.39, 0.29) is 12.0 Å². The molecule has 1 aromatic rings. The molecule has 0 aromatic carbocycles. The Bertz CT molecular complexity index is 448. The van der Waals surface area contributed by atoms with Crippen LogP contribution in [0, 0.1) is 19.8 Å². The van der Waals surface area contributed by atoms with Crippen molar-refractivity contribution in [3.05, 3.63) is 17.6 Å². The van der Waals surface area contributed by atoms with Crippen LogP contribution in [-0.4, -0.2) is 27.1 Å². The lowest BCUT2D eigenvalue weighted by Gasteiger charge is -2.27. The summed E-state index contributed by atoms with van der Waals surface area (Å²) in [6, 6.07) is 0.191. The van der Waals surface area contributed by atoms with Gasteiger partial charge in [-0.3, -0.25) is 9.78 Å². The molecule has 1 aromatic heterocycles. The maximum Gasteiger partial charge on any atom is 0.306 e. The first-order chi connectivity index (χ1) is 8.56. The van der Waals surface area contributed by atoms with Gasteiger partial charge in [-0.2, -0.15) is 0 Å². The summed E-state index contributed by atoms with van der Waals surface area (Å²) in [6.45, 7) is 3.85. The molecule has 1 fully saturated rings. The standard InChI is InChI=1S/C13H19N3O2/c1-8-9(2)15-12(7-14-8)16-11-5-3-4-10(6-11)13(17)18/h7,10-11H,3-6H2,1-2H3,(H,15,16)(H,17,18). The van der Waals surface area contributed by atoms with Crippen LogP contribution in [0.5, 0.6) is 0 Å². The zero-order valence-corrected chi connectivity index (χ0v) is 10.8. The molecule has 0 radical (unpaired) electrons. The maximum absolute atomic E-state index is 11.0. The van der Waals surface area contributed by atoms with Gasteiger partial charge in [-0.05, 0) is 33.1 Å². The fourth-order valence-corrected chi connectivity index (χ4v) is 2.37. The molecule has 98 valence electrons. The molecule has 5 heteroatoms. The van der Waals surface area contributed by atoms with E-state index < -0.39 is 5.97 Å². The molecule has 0 amide bonds. The van der Waals surface area contributed by atoms with Crippen molar-refractivity contribution in [1.82, 2.24) is 9.97 Å². The Morgan fingerprint density at radius 1 is 1.39 bits per heavy atom. The van der Waals surface area contributed by atoms with Crippen molar-refractivity contribution in [3.8, 4) is 0 Å². The number of aryl methyl sites for hydroxylation is 2. The molecule has 1 aliphatic rings. The summed E-state index contributed by atoms with van der Waals surface area (Å²) >= 11 is 0. The Kier molecular flexibility index (Phi) is 3.79. The highest BCUT2D eigenvalue weighted by Crippen LogP contribution is 2.26. The Labute approximate surface area is 107 Å². The SMILES string of the molecule is Cc1ncc(NC2CCCC(C(=O)O)C2)nc1C. The molecule has 0 spiro atoms. The van der Waals surface area contributed by atoms with Gasteiger partial charge in [0.05, 0.1) is 23.5 Å². The van der Waals surface area contributed by atoms with Gasteiger partial charge in [0.2, 0.25) is 0 Å². The zero-order valence-electron chi connectivity index (χ0n) is 10.8. The van der Waals surface area contributed by atoms with Crippen molar-refractivity contribution in [1.29, 1.82) is 0 Å². The number of aliphatic carboxylic acids is 1. The molecule has 0 saturated heterocycles. The molecule has 2 unspecified atom stereocenters. The monoisotopic (exact) mass is 249 g/mol. The van der Waals surface area contributed by atoms with Gasteiger partial charge in [-0.1, -0.05) is 6.42 Å². The van der Waals surface area contributed by atoms with Gasteiger partial charge in [-0.25, -0.2) is 4.98 Å². The lowest BCUT2D eigenvalue weighted by atomic mass is 9.86. The molecular weight excluding hydrogens is 230 g/mol. The van der Waals surface area contributed by atoms with Gasteiger partial charge in [0, 0.05) is 6.04 Å². The predicted molar refractivity (Wildman–Crippen MR) is 68.5 cm³/mol. The summed E-state index contributed by atoms with van der Waals surface area (Å²) in [6.07, 6.45) is 5.12. The van der Waals surface area contributed by atoms with E-state index in [4.69, 9.17) is 5.11 Å². The fraction of sp³-hybridized carbons (Fsp3) is 0.615. The minimum absolute atomic E-state index is 0.191. The molecule has 1 aliphatic carbocycles. The second kappa shape index (κ2) is 5.33. The molecule has 1 heterocycles. The number of aromatic nitrogens is 2. The summed E-state index contributed by atoms with van der Waals surface area (Å²) in [5, 5.41) is 12.3. The topological polar surface area (TPSA) is 75.1 Å². The van der Waals surface area contributed by atoms with Gasteiger partial charge in [0.25, 0.3) is 0 Å². The first-order valence-electron chi connectivity index (χ1n) is 6.36. The van der Waals surface area contributed by atoms with E-state index in [1.165, 1.54) is 0 Å². The van der Waals surface area contributed by atoms with E-state index in [0.29, 0.717) is 6.42 Å². The van der Waals surface area contributed by atoms with Gasteiger partial charge in [0.1, 0.15) is 5.82 Å². The third-order valence-corrected chi connectivity index (χ3v) is 3.57. The number of carbonyl (C=O) groups is 1. The summed E-state index contributed by atoms with van der Waals surface area (Å²) in [5.74, 6) is -0.169. The van der Waals surface area contributed by atoms with Crippen LogP contribution in [0.25, 0.3) is 0 Å². The van der Waals surface area contributed by atoms with Gasteiger partial charge in [-0.15, -0.1) is 0 Å². The molecule has 0 aliphatic heterocycles. The van der Waals surface area contributed by atoms with E-state index in [0.717, 1.165) is 36.5 Å². The van der Waals surface area contributed by atoms with Crippen molar-refractivity contribution < 1.29 is 9.90 Å². The zero-order chi connectivity index (χ0) is 13.1. The van der Waals surface area contributed by atoms with Crippen LogP contribution in [0.2, 0.25) is 0 Å². The van der Waals surface area contributed by atoms with Crippen molar-refractivity contribution in [2.45, 2.75) is 45.6 Å². The van der Waals surface area contributed by atoms with Crippen molar-refractivity contribution >= 4 is 11.8 Å². The Balaban J connectivity index is 2.00. The Morgan fingerprint density at radius 2 is 2.17 bits per heavy atom. The quantitative estimate of drug-likeness (QED) is 0.858. The number of nitrogens with zero attached hydrogens (tertiary/aromatic N) is 2. The van der Waals surface area contributed by atoms with Crippen molar-refractivity contribution in [2.75, 3.05) is 5.32 Å². The molecular formula is C13H19N3O2. The van der Waals surface area contributed by atoms with E-state index >= 15 is 0 Å². The molecule has 2 rings (SSSR count). The van der Waals surface area contributed by atoms with Crippen molar-refractivity contribution in [3.63, 3.8) is 0 Å². The average molecular weight is 249 g/mol. The lowest BCUT2D eigenvalue weighted by molar-refractivity contribution is -0.142. The second-order valence-corrected chi connectivity index (χ2v) is 4.97. The Morgan fingerprint density at radius 3 is 2.83 bits per heavy atom. The van der Waals surface area contributed by atoms with Gasteiger partial charge < -0.3 is 10.4 Å². The normalized spacial score (nSPS) is 23.7. The first-order valence-corrected chi connectivity index (χ1v) is 6.36. The minimum atomic E-state index is -0.687. The van der Waals surface area contributed by atoms with E-state index in [2.05, 4.69) is 15.3 Å². The molecule has 18 heavy (non-hydrogen) atoms. The van der Waals surface area contributed by atoms with E-state index in [1.807, 2.05) is 13.8 Å². The van der Waals surface area contributed by atoms with Crippen LogP contribution in [0.15, 0.2) is 6.20 Å². The predicted octanol–water partition coefficient (Wildman–Crippen LogP) is 2.15. The largest absolute Gasteiger partial charge is 0.481 e.